The van der Waals surface area contributed by atoms with Crippen LogP contribution in [0, 0.1) is 5.41 Å². The number of carbonyl (C=O) groups excluding carboxylic acids is 1. The molecule has 1 amide bonds. The van der Waals surface area contributed by atoms with Crippen LogP contribution in [0.3, 0.4) is 0 Å². The molecule has 0 aromatic heterocycles. The van der Waals surface area contributed by atoms with E-state index in [1.807, 2.05) is 18.2 Å². The van der Waals surface area contributed by atoms with Gasteiger partial charge in [0.05, 0.1) is 0 Å². The van der Waals surface area contributed by atoms with Gasteiger partial charge in [-0.25, -0.2) is 0 Å². The first-order valence-corrected chi connectivity index (χ1v) is 9.50. The molecule has 0 radical (unpaired) electrons. The molecule has 2 rings (SSSR count). The Balaban J connectivity index is 1.84. The number of primary amides is 1. The van der Waals surface area contributed by atoms with Crippen LogP contribution in [0.4, 0.5) is 0 Å². The Labute approximate surface area is 161 Å². The van der Waals surface area contributed by atoms with Gasteiger partial charge < -0.3 is 25.8 Å². The molecule has 0 unspecified atom stereocenters. The Morgan fingerprint density at radius 2 is 2.07 bits per heavy atom. The topological polar surface area (TPSA) is 98.0 Å². The lowest BCUT2D eigenvalue weighted by Crippen LogP contribution is -2.43. The highest BCUT2D eigenvalue weighted by molar-refractivity contribution is 5.79. The highest BCUT2D eigenvalue weighted by Gasteiger charge is 2.33. The van der Waals surface area contributed by atoms with E-state index in [0.29, 0.717) is 17.7 Å². The fourth-order valence-electron chi connectivity index (χ4n) is 3.54. The summed E-state index contributed by atoms with van der Waals surface area (Å²) in [5, 5.41) is 6.81. The Morgan fingerprint density at radius 3 is 2.74 bits per heavy atom. The molecule has 1 aromatic rings. The third-order valence-electron chi connectivity index (χ3n) is 5.09. The van der Waals surface area contributed by atoms with Crippen LogP contribution >= 0.6 is 0 Å². The molecule has 0 spiro atoms. The second-order valence-corrected chi connectivity index (χ2v) is 7.13. The van der Waals surface area contributed by atoms with Gasteiger partial charge in [0.1, 0.15) is 5.75 Å². The lowest BCUT2D eigenvalue weighted by atomic mass is 9.83. The van der Waals surface area contributed by atoms with Gasteiger partial charge in [-0.1, -0.05) is 25.0 Å². The molecule has 1 fully saturated rings. The fraction of sp³-hybridized carbons (Fsp3) is 0.600. The molecule has 150 valence electrons. The molecule has 1 aliphatic carbocycles. The highest BCUT2D eigenvalue weighted by atomic mass is 16.5. The fourth-order valence-corrected chi connectivity index (χ4v) is 3.54. The monoisotopic (exact) mass is 376 g/mol. The quantitative estimate of drug-likeness (QED) is 0.427. The van der Waals surface area contributed by atoms with Crippen molar-refractivity contribution >= 4 is 11.9 Å². The maximum absolute atomic E-state index is 10.8. The Kier molecular flexibility index (Phi) is 8.39. The number of rotatable bonds is 10. The second-order valence-electron chi connectivity index (χ2n) is 7.13. The molecular formula is C20H32N4O3. The first kappa shape index (κ1) is 21.0. The van der Waals surface area contributed by atoms with Crippen LogP contribution in [-0.2, 0) is 16.1 Å². The van der Waals surface area contributed by atoms with E-state index in [1.165, 1.54) is 25.7 Å². The number of benzene rings is 1. The average Bonchev–Trinajstić information content (AvgIpc) is 3.14. The summed E-state index contributed by atoms with van der Waals surface area (Å²) in [6.07, 6.45) is 6.12. The summed E-state index contributed by atoms with van der Waals surface area (Å²) in [5.74, 6) is 0.917. The number of hydrogen-bond acceptors (Lipinski definition) is 4. The zero-order chi connectivity index (χ0) is 19.5. The van der Waals surface area contributed by atoms with Crippen molar-refractivity contribution in [3.8, 4) is 5.75 Å². The molecule has 1 saturated carbocycles. The van der Waals surface area contributed by atoms with E-state index >= 15 is 0 Å². The first-order valence-electron chi connectivity index (χ1n) is 9.50. The Hall–Kier alpha value is -2.28. The van der Waals surface area contributed by atoms with Gasteiger partial charge in [-0.05, 0) is 42.4 Å². The van der Waals surface area contributed by atoms with E-state index in [0.717, 1.165) is 31.1 Å². The van der Waals surface area contributed by atoms with E-state index in [-0.39, 0.29) is 6.61 Å². The predicted octanol–water partition coefficient (Wildman–Crippen LogP) is 1.81. The number of ether oxygens (including phenoxy) is 2. The minimum Gasteiger partial charge on any atom is -0.484 e. The van der Waals surface area contributed by atoms with E-state index in [1.54, 1.807) is 20.2 Å². The smallest absolute Gasteiger partial charge is 0.255 e. The van der Waals surface area contributed by atoms with Gasteiger partial charge in [-0.15, -0.1) is 0 Å². The van der Waals surface area contributed by atoms with Crippen LogP contribution < -0.4 is 21.1 Å². The van der Waals surface area contributed by atoms with Crippen molar-refractivity contribution in [2.45, 2.75) is 38.6 Å². The number of nitrogens with one attached hydrogen (secondary N) is 2. The van der Waals surface area contributed by atoms with Crippen molar-refractivity contribution in [3.63, 3.8) is 0 Å². The number of carbonyl (C=O) groups is 1. The lowest BCUT2D eigenvalue weighted by molar-refractivity contribution is -0.119. The summed E-state index contributed by atoms with van der Waals surface area (Å²) in [6, 6.07) is 7.58. The van der Waals surface area contributed by atoms with Crippen LogP contribution in [-0.4, -0.2) is 45.8 Å². The number of hydrogen-bond donors (Lipinski definition) is 3. The van der Waals surface area contributed by atoms with Gasteiger partial charge in [0.25, 0.3) is 5.91 Å². The maximum atomic E-state index is 10.8. The standard InChI is InChI=1S/C20H32N4O3/c1-22-19(24-15-20(10-11-26-2)8-3-4-9-20)23-13-16-6-5-7-17(12-16)27-14-18(21)25/h5-7,12H,3-4,8-11,13-15H2,1-2H3,(H2,21,25)(H2,22,23,24). The zero-order valence-electron chi connectivity index (χ0n) is 16.4. The largest absolute Gasteiger partial charge is 0.484 e. The van der Waals surface area contributed by atoms with Gasteiger partial charge in [0, 0.05) is 33.9 Å². The molecule has 0 saturated heterocycles. The normalized spacial score (nSPS) is 16.1. The highest BCUT2D eigenvalue weighted by Crippen LogP contribution is 2.40. The second kappa shape index (κ2) is 10.8. The number of nitrogens with two attached hydrogens (primary N) is 1. The van der Waals surface area contributed by atoms with Crippen LogP contribution in [0.25, 0.3) is 0 Å². The lowest BCUT2D eigenvalue weighted by Gasteiger charge is -2.30. The minimum atomic E-state index is -0.488. The van der Waals surface area contributed by atoms with E-state index in [4.69, 9.17) is 15.2 Å². The predicted molar refractivity (Wildman–Crippen MR) is 107 cm³/mol. The van der Waals surface area contributed by atoms with Crippen molar-refractivity contribution in [1.82, 2.24) is 10.6 Å². The van der Waals surface area contributed by atoms with Gasteiger partial charge in [0.15, 0.2) is 12.6 Å². The van der Waals surface area contributed by atoms with Crippen molar-refractivity contribution in [1.29, 1.82) is 0 Å². The number of aliphatic imine (C=N–C) groups is 1. The van der Waals surface area contributed by atoms with Crippen LogP contribution in [0.2, 0.25) is 0 Å². The third-order valence-corrected chi connectivity index (χ3v) is 5.09. The minimum absolute atomic E-state index is 0.121. The Bertz CT molecular complexity index is 627. The molecule has 7 heteroatoms. The van der Waals surface area contributed by atoms with Gasteiger partial charge in [-0.3, -0.25) is 9.79 Å². The maximum Gasteiger partial charge on any atom is 0.255 e. The number of guanidine groups is 1. The SMILES string of the molecule is CN=C(NCc1cccc(OCC(N)=O)c1)NCC1(CCOC)CCCC1. The molecule has 1 aromatic carbocycles. The molecule has 27 heavy (non-hydrogen) atoms. The van der Waals surface area contributed by atoms with Gasteiger partial charge in [-0.2, -0.15) is 0 Å². The molecule has 0 bridgehead atoms. The molecule has 1 aliphatic rings. The van der Waals surface area contributed by atoms with Crippen LogP contribution in [0.15, 0.2) is 29.3 Å². The van der Waals surface area contributed by atoms with Crippen molar-refractivity contribution in [2.24, 2.45) is 16.1 Å². The van der Waals surface area contributed by atoms with E-state index in [2.05, 4.69) is 15.6 Å². The summed E-state index contributed by atoms with van der Waals surface area (Å²) >= 11 is 0. The van der Waals surface area contributed by atoms with Crippen molar-refractivity contribution in [3.05, 3.63) is 29.8 Å². The molecular weight excluding hydrogens is 344 g/mol. The Morgan fingerprint density at radius 1 is 1.30 bits per heavy atom. The van der Waals surface area contributed by atoms with Gasteiger partial charge >= 0.3 is 0 Å². The third kappa shape index (κ3) is 7.09. The molecule has 7 nitrogen and oxygen atoms in total. The molecule has 4 N–H and O–H groups in total. The van der Waals surface area contributed by atoms with Gasteiger partial charge in [0.2, 0.25) is 0 Å². The van der Waals surface area contributed by atoms with Crippen LogP contribution in [0.1, 0.15) is 37.7 Å². The van der Waals surface area contributed by atoms with Crippen molar-refractivity contribution < 1.29 is 14.3 Å². The number of amides is 1. The summed E-state index contributed by atoms with van der Waals surface area (Å²) in [6.45, 7) is 2.19. The molecule has 0 heterocycles. The summed E-state index contributed by atoms with van der Waals surface area (Å²) in [7, 11) is 3.54. The van der Waals surface area contributed by atoms with E-state index in [9.17, 15) is 4.79 Å². The number of methoxy groups -OCH3 is 1. The summed E-state index contributed by atoms with van der Waals surface area (Å²) < 4.78 is 10.6. The first-order chi connectivity index (χ1) is 13.1. The zero-order valence-corrected chi connectivity index (χ0v) is 16.4. The molecule has 0 atom stereocenters. The average molecular weight is 377 g/mol. The summed E-state index contributed by atoms with van der Waals surface area (Å²) in [5.41, 5.74) is 6.45. The molecule has 0 aliphatic heterocycles. The summed E-state index contributed by atoms with van der Waals surface area (Å²) in [4.78, 5) is 15.2. The number of nitrogens with zero attached hydrogens (tertiary/aromatic N) is 1. The van der Waals surface area contributed by atoms with E-state index < -0.39 is 5.91 Å². The van der Waals surface area contributed by atoms with Crippen LogP contribution in [0.5, 0.6) is 5.75 Å². The van der Waals surface area contributed by atoms with Crippen molar-refractivity contribution in [2.75, 3.05) is 33.9 Å².